The van der Waals surface area contributed by atoms with Crippen LogP contribution in [0, 0.1) is 10.8 Å². The maximum absolute atomic E-state index is 12.5. The molecule has 1 aliphatic heterocycles. The highest BCUT2D eigenvalue weighted by Gasteiger charge is 2.45. The fraction of sp³-hybridized carbons (Fsp3) is 0.882. The molecule has 0 aromatic rings. The lowest BCUT2D eigenvalue weighted by atomic mass is 9.90. The fourth-order valence-electron chi connectivity index (χ4n) is 2.67. The number of nitrogens with zero attached hydrogens (tertiary/aromatic N) is 1. The van der Waals surface area contributed by atoms with E-state index in [1.165, 1.54) is 0 Å². The van der Waals surface area contributed by atoms with Gasteiger partial charge >= 0.3 is 5.97 Å². The average molecular weight is 297 g/mol. The Morgan fingerprint density at radius 1 is 1.14 bits per heavy atom. The van der Waals surface area contributed by atoms with Crippen molar-refractivity contribution in [1.29, 1.82) is 0 Å². The molecule has 1 amide bonds. The van der Waals surface area contributed by atoms with Crippen LogP contribution in [0.5, 0.6) is 0 Å². The number of likely N-dealkylation sites (tertiary alicyclic amines) is 1. The third-order valence-electron chi connectivity index (χ3n) is 3.40. The number of rotatable bonds is 2. The van der Waals surface area contributed by atoms with Gasteiger partial charge in [-0.2, -0.15) is 0 Å². The van der Waals surface area contributed by atoms with Crippen LogP contribution in [0.2, 0.25) is 0 Å². The van der Waals surface area contributed by atoms with E-state index in [1.807, 2.05) is 41.5 Å². The predicted molar refractivity (Wildman–Crippen MR) is 83.8 cm³/mol. The molecule has 0 bridgehead atoms. The number of amides is 1. The minimum Gasteiger partial charge on any atom is -0.458 e. The largest absolute Gasteiger partial charge is 0.458 e. The Balaban J connectivity index is 2.89. The highest BCUT2D eigenvalue weighted by Crippen LogP contribution is 2.36. The Morgan fingerprint density at radius 2 is 1.67 bits per heavy atom. The van der Waals surface area contributed by atoms with Gasteiger partial charge in [-0.05, 0) is 38.0 Å². The Labute approximate surface area is 129 Å². The minimum atomic E-state index is -0.525. The van der Waals surface area contributed by atoms with E-state index in [0.29, 0.717) is 19.4 Å². The van der Waals surface area contributed by atoms with Crippen LogP contribution < -0.4 is 0 Å². The van der Waals surface area contributed by atoms with Gasteiger partial charge in [-0.3, -0.25) is 4.79 Å². The summed E-state index contributed by atoms with van der Waals surface area (Å²) in [6.07, 6.45) is 1.11. The molecule has 0 aromatic carbocycles. The number of carbonyl (C=O) groups excluding carboxylic acids is 2. The van der Waals surface area contributed by atoms with Crippen LogP contribution in [0.4, 0.5) is 0 Å². The van der Waals surface area contributed by atoms with Crippen LogP contribution in [0.3, 0.4) is 0 Å². The molecule has 1 atom stereocenters. The summed E-state index contributed by atoms with van der Waals surface area (Å²) < 4.78 is 5.49. The SMILES string of the molecule is CC(C)(C)CC(=O)N1CC(C)(C)C[C@H]1C(=O)OC(C)(C)C. The van der Waals surface area contributed by atoms with Gasteiger partial charge in [0.25, 0.3) is 0 Å². The molecule has 0 unspecified atom stereocenters. The molecule has 0 spiro atoms. The zero-order valence-corrected chi connectivity index (χ0v) is 14.9. The third kappa shape index (κ3) is 5.68. The zero-order chi connectivity index (χ0) is 16.6. The second-order valence-corrected chi connectivity index (χ2v) is 9.18. The smallest absolute Gasteiger partial charge is 0.329 e. The predicted octanol–water partition coefficient (Wildman–Crippen LogP) is 3.39. The molecule has 1 heterocycles. The van der Waals surface area contributed by atoms with Crippen molar-refractivity contribution in [2.24, 2.45) is 10.8 Å². The summed E-state index contributed by atoms with van der Waals surface area (Å²) in [7, 11) is 0. The highest BCUT2D eigenvalue weighted by molar-refractivity contribution is 5.86. The van der Waals surface area contributed by atoms with Crippen molar-refractivity contribution in [3.63, 3.8) is 0 Å². The van der Waals surface area contributed by atoms with Crippen molar-refractivity contribution in [1.82, 2.24) is 4.90 Å². The highest BCUT2D eigenvalue weighted by atomic mass is 16.6. The molecule has 122 valence electrons. The first kappa shape index (κ1) is 18.0. The molecule has 0 N–H and O–H groups in total. The molecule has 1 aliphatic rings. The fourth-order valence-corrected chi connectivity index (χ4v) is 2.67. The topological polar surface area (TPSA) is 46.6 Å². The number of hydrogen-bond acceptors (Lipinski definition) is 3. The lowest BCUT2D eigenvalue weighted by Gasteiger charge is -2.29. The Kier molecular flexibility index (Phi) is 4.81. The first-order valence-corrected chi connectivity index (χ1v) is 7.73. The summed E-state index contributed by atoms with van der Waals surface area (Å²) in [5.41, 5.74) is -0.653. The maximum atomic E-state index is 12.5. The standard InChI is InChI=1S/C17H31NO3/c1-15(2,3)10-13(19)18-11-17(7,8)9-12(18)14(20)21-16(4,5)6/h12H,9-11H2,1-8H3/t12-/m0/s1. The van der Waals surface area contributed by atoms with Gasteiger partial charge in [-0.15, -0.1) is 0 Å². The lowest BCUT2D eigenvalue weighted by Crippen LogP contribution is -2.44. The van der Waals surface area contributed by atoms with Crippen LogP contribution in [0.1, 0.15) is 68.2 Å². The third-order valence-corrected chi connectivity index (χ3v) is 3.40. The molecule has 0 aromatic heterocycles. The monoisotopic (exact) mass is 297 g/mol. The number of carbonyl (C=O) groups is 2. The molecule has 1 saturated heterocycles. The van der Waals surface area contributed by atoms with Gasteiger partial charge in [0, 0.05) is 13.0 Å². The van der Waals surface area contributed by atoms with Gasteiger partial charge in [0.2, 0.25) is 5.91 Å². The van der Waals surface area contributed by atoms with E-state index in [-0.39, 0.29) is 22.7 Å². The van der Waals surface area contributed by atoms with E-state index < -0.39 is 11.6 Å². The molecular formula is C17H31NO3. The van der Waals surface area contributed by atoms with E-state index in [4.69, 9.17) is 4.74 Å². The first-order valence-electron chi connectivity index (χ1n) is 7.73. The first-order chi connectivity index (χ1) is 9.20. The molecule has 4 heteroatoms. The van der Waals surface area contributed by atoms with Crippen LogP contribution in [0.25, 0.3) is 0 Å². The Hall–Kier alpha value is -1.06. The summed E-state index contributed by atoms with van der Waals surface area (Å²) in [5.74, 6) is -0.237. The van der Waals surface area contributed by atoms with E-state index in [0.717, 1.165) is 0 Å². The van der Waals surface area contributed by atoms with Gasteiger partial charge in [0.15, 0.2) is 0 Å². The number of hydrogen-bond donors (Lipinski definition) is 0. The molecule has 1 fully saturated rings. The molecule has 1 rings (SSSR count). The summed E-state index contributed by atoms with van der Waals surface area (Å²) in [6, 6.07) is -0.450. The molecule has 0 radical (unpaired) electrons. The summed E-state index contributed by atoms with van der Waals surface area (Å²) >= 11 is 0. The van der Waals surface area contributed by atoms with Crippen LogP contribution in [-0.4, -0.2) is 35.0 Å². The van der Waals surface area contributed by atoms with E-state index in [1.54, 1.807) is 4.90 Å². The minimum absolute atomic E-state index is 0.0453. The number of esters is 1. The van der Waals surface area contributed by atoms with Crippen LogP contribution >= 0.6 is 0 Å². The molecule has 0 saturated carbocycles. The zero-order valence-electron chi connectivity index (χ0n) is 14.9. The van der Waals surface area contributed by atoms with E-state index >= 15 is 0 Å². The molecular weight excluding hydrogens is 266 g/mol. The van der Waals surface area contributed by atoms with Crippen LogP contribution in [0.15, 0.2) is 0 Å². The van der Waals surface area contributed by atoms with Crippen molar-refractivity contribution in [3.05, 3.63) is 0 Å². The average Bonchev–Trinajstić information content (AvgIpc) is 2.49. The lowest BCUT2D eigenvalue weighted by molar-refractivity contribution is -0.163. The Morgan fingerprint density at radius 3 is 2.10 bits per heavy atom. The van der Waals surface area contributed by atoms with Gasteiger partial charge in [0.1, 0.15) is 11.6 Å². The molecule has 21 heavy (non-hydrogen) atoms. The van der Waals surface area contributed by atoms with Crippen molar-refractivity contribution < 1.29 is 14.3 Å². The normalized spacial score (nSPS) is 22.3. The van der Waals surface area contributed by atoms with E-state index in [2.05, 4.69) is 13.8 Å². The molecule has 0 aliphatic carbocycles. The van der Waals surface area contributed by atoms with Gasteiger partial charge in [-0.25, -0.2) is 4.79 Å². The maximum Gasteiger partial charge on any atom is 0.329 e. The quantitative estimate of drug-likeness (QED) is 0.734. The van der Waals surface area contributed by atoms with Crippen molar-refractivity contribution >= 4 is 11.9 Å². The Bertz CT molecular complexity index is 375. The second kappa shape index (κ2) is 5.62. The van der Waals surface area contributed by atoms with Gasteiger partial charge < -0.3 is 9.64 Å². The van der Waals surface area contributed by atoms with Crippen molar-refractivity contribution in [2.75, 3.05) is 6.54 Å². The summed E-state index contributed by atoms with van der Waals surface area (Å²) in [4.78, 5) is 26.7. The van der Waals surface area contributed by atoms with E-state index in [9.17, 15) is 9.59 Å². The van der Waals surface area contributed by atoms with Crippen molar-refractivity contribution in [3.8, 4) is 0 Å². The van der Waals surface area contributed by atoms with Crippen LogP contribution in [-0.2, 0) is 14.3 Å². The second-order valence-electron chi connectivity index (χ2n) is 9.18. The summed E-state index contributed by atoms with van der Waals surface area (Å²) in [6.45, 7) is 16.5. The van der Waals surface area contributed by atoms with Gasteiger partial charge in [0.05, 0.1) is 0 Å². The summed E-state index contributed by atoms with van der Waals surface area (Å²) in [5, 5.41) is 0. The number of ether oxygens (including phenoxy) is 1. The van der Waals surface area contributed by atoms with Gasteiger partial charge in [-0.1, -0.05) is 34.6 Å². The molecule has 4 nitrogen and oxygen atoms in total. The van der Waals surface area contributed by atoms with Crippen molar-refractivity contribution in [2.45, 2.75) is 79.9 Å².